The Kier molecular flexibility index (Phi) is 5.29. The normalized spacial score (nSPS) is 22.3. The van der Waals surface area contributed by atoms with Gasteiger partial charge >= 0.3 is 0 Å². The molecule has 1 fully saturated rings. The maximum atomic E-state index is 13.2. The topological polar surface area (TPSA) is 165 Å². The minimum atomic E-state index is -0.852. The average molecular weight is 496 g/mol. The number of β-lactam (4-membered cyclic amide) rings is 1. The van der Waals surface area contributed by atoms with Gasteiger partial charge in [0.2, 0.25) is 18.2 Å². The van der Waals surface area contributed by atoms with Crippen LogP contribution in [0.2, 0.25) is 0 Å². The third kappa shape index (κ3) is 3.44. The second-order valence-electron chi connectivity index (χ2n) is 8.84. The molecule has 0 aliphatic carbocycles. The van der Waals surface area contributed by atoms with Crippen LogP contribution in [-0.2, 0) is 20.9 Å². The van der Waals surface area contributed by atoms with Gasteiger partial charge in [0.15, 0.2) is 12.4 Å². The van der Waals surface area contributed by atoms with Crippen LogP contribution in [0.25, 0.3) is 10.4 Å². The number of aliphatic hydroxyl groups excluding tert-OH is 1. The molecule has 0 spiro atoms. The summed E-state index contributed by atoms with van der Waals surface area (Å²) in [4.78, 5) is 56.4. The number of fused-ring (bicyclic) bond motifs is 2. The minimum absolute atomic E-state index is 0.0609. The van der Waals surface area contributed by atoms with Crippen molar-refractivity contribution < 1.29 is 28.9 Å². The minimum Gasteiger partial charge on any atom is -0.393 e. The molecule has 5 rings (SSSR count). The Morgan fingerprint density at radius 1 is 1.31 bits per heavy atom. The van der Waals surface area contributed by atoms with Gasteiger partial charge < -0.3 is 21.5 Å². The van der Waals surface area contributed by atoms with E-state index in [4.69, 9.17) is 11.5 Å². The molecule has 4 atom stereocenters. The Morgan fingerprint density at radius 2 is 2.06 bits per heavy atom. The summed E-state index contributed by atoms with van der Waals surface area (Å²) in [6.45, 7) is 3.39. The number of aromatic nitrogens is 3. The Balaban J connectivity index is 1.54. The molecule has 5 N–H and O–H groups in total. The molecule has 2 aliphatic rings. The van der Waals surface area contributed by atoms with Gasteiger partial charge in [0.1, 0.15) is 22.5 Å². The molecule has 12 heteroatoms. The first kappa shape index (κ1) is 22.9. The molecule has 3 amide bonds. The van der Waals surface area contributed by atoms with Gasteiger partial charge in [-0.3, -0.25) is 23.6 Å². The molecule has 3 aromatic heterocycles. The third-order valence-electron chi connectivity index (χ3n) is 6.56. The summed E-state index contributed by atoms with van der Waals surface area (Å²) in [5.41, 5.74) is 12.2. The van der Waals surface area contributed by atoms with Crippen LogP contribution in [0.5, 0.6) is 0 Å². The van der Waals surface area contributed by atoms with Gasteiger partial charge in [-0.25, -0.2) is 4.98 Å². The summed E-state index contributed by atoms with van der Waals surface area (Å²) in [6, 6.07) is 2.91. The van der Waals surface area contributed by atoms with Gasteiger partial charge in [0.25, 0.3) is 11.8 Å². The van der Waals surface area contributed by atoms with Crippen LogP contribution in [-0.4, -0.2) is 55.0 Å². The highest BCUT2D eigenvalue weighted by Crippen LogP contribution is 2.51. The molecule has 2 aliphatic heterocycles. The number of amides is 3. The number of nitrogens with zero attached hydrogens (tertiary/aromatic N) is 4. The number of carbonyl (C=O) groups is 4. The fourth-order valence-electron chi connectivity index (χ4n) is 5.08. The Bertz CT molecular complexity index is 1450. The van der Waals surface area contributed by atoms with Crippen LogP contribution in [0.3, 0.4) is 0 Å². The monoisotopic (exact) mass is 495 g/mol. The van der Waals surface area contributed by atoms with E-state index in [0.717, 1.165) is 0 Å². The number of aliphatic hydroxyl groups is 1. The van der Waals surface area contributed by atoms with Gasteiger partial charge in [-0.05, 0) is 13.0 Å². The molecule has 180 valence electrons. The number of ketones is 1. The van der Waals surface area contributed by atoms with Gasteiger partial charge in [-0.1, -0.05) is 6.92 Å². The summed E-state index contributed by atoms with van der Waals surface area (Å²) in [6.07, 6.45) is 5.58. The lowest BCUT2D eigenvalue weighted by molar-refractivity contribution is -0.684. The molecule has 4 unspecified atom stereocenters. The Hall–Kier alpha value is -3.90. The number of pyridine rings is 1. The van der Waals surface area contributed by atoms with E-state index in [-0.39, 0.29) is 41.6 Å². The van der Waals surface area contributed by atoms with E-state index in [2.05, 4.69) is 4.98 Å². The molecule has 0 saturated carbocycles. The molecular formula is C23H23N6O5S+. The van der Waals surface area contributed by atoms with Crippen LogP contribution >= 0.6 is 11.3 Å². The maximum absolute atomic E-state index is 13.2. The zero-order valence-electron chi connectivity index (χ0n) is 18.9. The fraction of sp³-hybridized carbons (Fsp3) is 0.304. The van der Waals surface area contributed by atoms with Crippen molar-refractivity contribution in [2.75, 3.05) is 0 Å². The van der Waals surface area contributed by atoms with Gasteiger partial charge in [-0.2, -0.15) is 4.57 Å². The molecule has 0 bridgehead atoms. The van der Waals surface area contributed by atoms with Crippen molar-refractivity contribution in [2.45, 2.75) is 32.5 Å². The Morgan fingerprint density at radius 3 is 2.71 bits per heavy atom. The van der Waals surface area contributed by atoms with Crippen molar-refractivity contribution in [3.8, 4) is 0 Å². The molecule has 0 radical (unpaired) electrons. The number of rotatable bonds is 7. The van der Waals surface area contributed by atoms with Gasteiger partial charge in [0, 0.05) is 23.8 Å². The first-order valence-electron chi connectivity index (χ1n) is 10.9. The highest BCUT2D eigenvalue weighted by molar-refractivity contribution is 7.18. The van der Waals surface area contributed by atoms with Crippen molar-refractivity contribution in [1.82, 2.24) is 14.3 Å². The number of thiazole rings is 1. The smallest absolute Gasteiger partial charge is 0.283 e. The van der Waals surface area contributed by atoms with E-state index < -0.39 is 23.8 Å². The standard InChI is InChI=1S/C23H22N6O5S/c1-10-15(19(21(25)33)29-18(10)16(11(2)30)22(29)34)13-7-28-9-26-17(23(28)35-13)20(32)12-4-3-5-27(6-12)8-14(24)31/h3-7,9-11,16,18,30H,8H2,1-2H3,(H3-,24,25,31,33)/p+1. The molecule has 35 heavy (non-hydrogen) atoms. The Labute approximate surface area is 203 Å². The van der Waals surface area contributed by atoms with Gasteiger partial charge in [0.05, 0.1) is 28.5 Å². The van der Waals surface area contributed by atoms with E-state index in [1.807, 2.05) is 6.92 Å². The summed E-state index contributed by atoms with van der Waals surface area (Å²) in [5, 5.41) is 10.1. The zero-order chi connectivity index (χ0) is 25.2. The largest absolute Gasteiger partial charge is 0.393 e. The highest BCUT2D eigenvalue weighted by Gasteiger charge is 2.59. The van der Waals surface area contributed by atoms with E-state index in [9.17, 15) is 24.3 Å². The number of primary amides is 2. The van der Waals surface area contributed by atoms with Crippen LogP contribution in [0.4, 0.5) is 0 Å². The number of hydrogen-bond donors (Lipinski definition) is 3. The van der Waals surface area contributed by atoms with Crippen LogP contribution in [0, 0.1) is 11.8 Å². The SMILES string of the molecule is CC(O)C1C(=O)N2C(C(N)=O)=C(c3cn4cnc(C(=O)c5ccc[n+](CC(N)=O)c5)c4s3)C(C)C12. The molecule has 11 nitrogen and oxygen atoms in total. The molecule has 1 saturated heterocycles. The number of carbonyl (C=O) groups excluding carboxylic acids is 4. The molecule has 3 aromatic rings. The van der Waals surface area contributed by atoms with E-state index in [1.54, 1.807) is 35.9 Å². The van der Waals surface area contributed by atoms with E-state index in [0.29, 0.717) is 20.8 Å². The van der Waals surface area contributed by atoms with Crippen LogP contribution in [0.1, 0.15) is 34.8 Å². The lowest BCUT2D eigenvalue weighted by atomic mass is 9.77. The zero-order valence-corrected chi connectivity index (χ0v) is 19.7. The highest BCUT2D eigenvalue weighted by atomic mass is 32.1. The lowest BCUT2D eigenvalue weighted by Gasteiger charge is -2.46. The summed E-state index contributed by atoms with van der Waals surface area (Å²) in [7, 11) is 0. The lowest BCUT2D eigenvalue weighted by Crippen LogP contribution is -2.63. The van der Waals surface area contributed by atoms with Gasteiger partial charge in [-0.15, -0.1) is 11.3 Å². The molecule has 5 heterocycles. The van der Waals surface area contributed by atoms with Crippen molar-refractivity contribution in [3.05, 3.63) is 58.9 Å². The molecular weight excluding hydrogens is 472 g/mol. The summed E-state index contributed by atoms with van der Waals surface area (Å²) in [5.74, 6) is -2.76. The number of hydrogen-bond acceptors (Lipinski definition) is 7. The number of nitrogens with two attached hydrogens (primary N) is 2. The third-order valence-corrected chi connectivity index (χ3v) is 7.70. The van der Waals surface area contributed by atoms with E-state index in [1.165, 1.54) is 33.3 Å². The van der Waals surface area contributed by atoms with Crippen molar-refractivity contribution >= 4 is 45.2 Å². The summed E-state index contributed by atoms with van der Waals surface area (Å²) >= 11 is 1.27. The fourth-order valence-corrected chi connectivity index (χ4v) is 6.29. The first-order chi connectivity index (χ1) is 16.6. The van der Waals surface area contributed by atoms with Crippen LogP contribution < -0.4 is 16.0 Å². The second-order valence-corrected chi connectivity index (χ2v) is 9.87. The van der Waals surface area contributed by atoms with Crippen molar-refractivity contribution in [2.24, 2.45) is 23.3 Å². The first-order valence-corrected chi connectivity index (χ1v) is 11.8. The maximum Gasteiger partial charge on any atom is 0.283 e. The second kappa shape index (κ2) is 8.10. The predicted octanol–water partition coefficient (Wildman–Crippen LogP) is -0.546. The van der Waals surface area contributed by atoms with Crippen molar-refractivity contribution in [1.29, 1.82) is 0 Å². The van der Waals surface area contributed by atoms with Crippen LogP contribution in [0.15, 0.2) is 42.7 Å². The number of imidazole rings is 1. The average Bonchev–Trinajstić information content (AvgIpc) is 3.42. The quantitative estimate of drug-likeness (QED) is 0.226. The molecule has 0 aromatic carbocycles. The van der Waals surface area contributed by atoms with Crippen molar-refractivity contribution in [3.63, 3.8) is 0 Å². The van der Waals surface area contributed by atoms with E-state index >= 15 is 0 Å². The summed E-state index contributed by atoms with van der Waals surface area (Å²) < 4.78 is 3.21. The predicted molar refractivity (Wildman–Crippen MR) is 123 cm³/mol.